The van der Waals surface area contributed by atoms with Crippen LogP contribution in [0.25, 0.3) is 0 Å². The van der Waals surface area contributed by atoms with Gasteiger partial charge >= 0.3 is 11.9 Å². The van der Waals surface area contributed by atoms with Crippen molar-refractivity contribution in [2.24, 2.45) is 5.92 Å². The molecule has 0 aromatic heterocycles. The van der Waals surface area contributed by atoms with Crippen molar-refractivity contribution in [3.63, 3.8) is 0 Å². The first kappa shape index (κ1) is 23.0. The van der Waals surface area contributed by atoms with Crippen LogP contribution < -0.4 is 10.2 Å². The lowest BCUT2D eigenvalue weighted by molar-refractivity contribution is -0.151. The number of ether oxygens (including phenoxy) is 2. The Balaban J connectivity index is 1.54. The quantitative estimate of drug-likeness (QED) is 0.667. The highest BCUT2D eigenvalue weighted by Gasteiger charge is 2.36. The lowest BCUT2D eigenvalue weighted by Gasteiger charge is -2.17. The van der Waals surface area contributed by atoms with Gasteiger partial charge in [0.25, 0.3) is 5.91 Å². The van der Waals surface area contributed by atoms with Crippen molar-refractivity contribution in [2.45, 2.75) is 27.2 Å². The summed E-state index contributed by atoms with van der Waals surface area (Å²) >= 11 is 0. The third kappa shape index (κ3) is 5.32. The van der Waals surface area contributed by atoms with Crippen molar-refractivity contribution < 1.29 is 28.7 Å². The van der Waals surface area contributed by atoms with Crippen LogP contribution in [0.3, 0.4) is 0 Å². The van der Waals surface area contributed by atoms with Gasteiger partial charge in [0, 0.05) is 24.3 Å². The number of nitrogens with one attached hydrogen (secondary N) is 1. The summed E-state index contributed by atoms with van der Waals surface area (Å²) in [6.45, 7) is 5.49. The van der Waals surface area contributed by atoms with Crippen molar-refractivity contribution >= 4 is 35.1 Å². The Morgan fingerprint density at radius 1 is 1.03 bits per heavy atom. The van der Waals surface area contributed by atoms with E-state index in [1.165, 1.54) is 4.90 Å². The van der Waals surface area contributed by atoms with E-state index in [4.69, 9.17) is 9.47 Å². The minimum absolute atomic E-state index is 0.00299. The van der Waals surface area contributed by atoms with Crippen molar-refractivity contribution in [3.8, 4) is 0 Å². The molecule has 8 nitrogen and oxygen atoms in total. The molecule has 0 aliphatic carbocycles. The number of para-hydroxylation sites is 1. The maximum atomic E-state index is 12.4. The summed E-state index contributed by atoms with van der Waals surface area (Å²) < 4.78 is 10.1. The molecule has 2 amide bonds. The van der Waals surface area contributed by atoms with Crippen molar-refractivity contribution in [3.05, 3.63) is 59.2 Å². The Labute approximate surface area is 186 Å². The third-order valence-electron chi connectivity index (χ3n) is 5.24. The molecule has 1 N–H and O–H groups in total. The Hall–Kier alpha value is -3.68. The van der Waals surface area contributed by atoms with E-state index in [1.54, 1.807) is 31.2 Å². The average molecular weight is 438 g/mol. The van der Waals surface area contributed by atoms with Crippen LogP contribution in [0.1, 0.15) is 34.8 Å². The highest BCUT2D eigenvalue weighted by Crippen LogP contribution is 2.26. The molecule has 1 saturated heterocycles. The van der Waals surface area contributed by atoms with Crippen molar-refractivity contribution in [2.75, 3.05) is 30.0 Å². The second-order valence-electron chi connectivity index (χ2n) is 7.60. The van der Waals surface area contributed by atoms with Gasteiger partial charge in [-0.25, -0.2) is 4.79 Å². The lowest BCUT2D eigenvalue weighted by atomic mass is 10.1. The average Bonchev–Trinajstić information content (AvgIpc) is 3.16. The fraction of sp³-hybridized carbons (Fsp3) is 0.333. The van der Waals surface area contributed by atoms with E-state index >= 15 is 0 Å². The van der Waals surface area contributed by atoms with Gasteiger partial charge < -0.3 is 19.7 Å². The van der Waals surface area contributed by atoms with Gasteiger partial charge in [-0.1, -0.05) is 18.2 Å². The smallest absolute Gasteiger partial charge is 0.338 e. The van der Waals surface area contributed by atoms with Gasteiger partial charge in [-0.05, 0) is 56.2 Å². The monoisotopic (exact) mass is 438 g/mol. The SMILES string of the molecule is CCOC(=O)c1ccc(N2C[C@@H](C(=O)OCC(=O)Nc3c(C)cccc3C)CC2=O)cc1. The molecule has 1 fully saturated rings. The highest BCUT2D eigenvalue weighted by atomic mass is 16.5. The predicted molar refractivity (Wildman–Crippen MR) is 118 cm³/mol. The molecule has 0 bridgehead atoms. The minimum atomic E-state index is -0.666. The molecule has 3 rings (SSSR count). The summed E-state index contributed by atoms with van der Waals surface area (Å²) in [5, 5.41) is 2.76. The molecule has 2 aromatic carbocycles. The van der Waals surface area contributed by atoms with E-state index in [0.717, 1.165) is 11.1 Å². The largest absolute Gasteiger partial charge is 0.462 e. The van der Waals surface area contributed by atoms with E-state index in [9.17, 15) is 19.2 Å². The normalized spacial score (nSPS) is 15.4. The fourth-order valence-corrected chi connectivity index (χ4v) is 3.55. The molecule has 0 unspecified atom stereocenters. The molecule has 0 radical (unpaired) electrons. The van der Waals surface area contributed by atoms with Crippen LogP contribution in [0, 0.1) is 19.8 Å². The first-order valence-electron chi connectivity index (χ1n) is 10.4. The van der Waals surface area contributed by atoms with Gasteiger partial charge in [0.05, 0.1) is 18.1 Å². The maximum Gasteiger partial charge on any atom is 0.338 e. The zero-order valence-electron chi connectivity index (χ0n) is 18.3. The number of anilines is 2. The molecule has 0 saturated carbocycles. The molecule has 1 aliphatic heterocycles. The number of aryl methyl sites for hydroxylation is 2. The van der Waals surface area contributed by atoms with Gasteiger partial charge in [-0.15, -0.1) is 0 Å². The summed E-state index contributed by atoms with van der Waals surface area (Å²) in [5.41, 5.74) is 3.48. The summed E-state index contributed by atoms with van der Waals surface area (Å²) in [6, 6.07) is 12.1. The number of nitrogens with zero attached hydrogens (tertiary/aromatic N) is 1. The Kier molecular flexibility index (Phi) is 7.25. The number of hydrogen-bond acceptors (Lipinski definition) is 6. The summed E-state index contributed by atoms with van der Waals surface area (Å²) in [6.07, 6.45) is -0.00299. The third-order valence-corrected chi connectivity index (χ3v) is 5.24. The number of esters is 2. The zero-order valence-corrected chi connectivity index (χ0v) is 18.3. The van der Waals surface area contributed by atoms with Crippen LogP contribution >= 0.6 is 0 Å². The second kappa shape index (κ2) is 10.1. The van der Waals surface area contributed by atoms with Crippen LogP contribution in [0.4, 0.5) is 11.4 Å². The van der Waals surface area contributed by atoms with Crippen molar-refractivity contribution in [1.82, 2.24) is 0 Å². The molecule has 1 aliphatic rings. The van der Waals surface area contributed by atoms with E-state index in [2.05, 4.69) is 5.32 Å². The van der Waals surface area contributed by atoms with E-state index in [0.29, 0.717) is 16.9 Å². The predicted octanol–water partition coefficient (Wildman–Crippen LogP) is 3.01. The number of carbonyl (C=O) groups excluding carboxylic acids is 4. The first-order chi connectivity index (χ1) is 15.3. The van der Waals surface area contributed by atoms with Crippen LogP contribution in [0.5, 0.6) is 0 Å². The second-order valence-corrected chi connectivity index (χ2v) is 7.60. The highest BCUT2D eigenvalue weighted by molar-refractivity contribution is 6.00. The van der Waals surface area contributed by atoms with Gasteiger partial charge in [-0.2, -0.15) is 0 Å². The standard InChI is InChI=1S/C24H26N2O6/c1-4-31-23(29)17-8-10-19(11-9-17)26-13-18(12-21(26)28)24(30)32-14-20(27)25-22-15(2)6-5-7-16(22)3/h5-11,18H,4,12-14H2,1-3H3,(H,25,27)/t18-/m0/s1. The maximum absolute atomic E-state index is 12.4. The van der Waals surface area contributed by atoms with Crippen LogP contribution in [0.2, 0.25) is 0 Å². The molecule has 8 heteroatoms. The van der Waals surface area contributed by atoms with Gasteiger partial charge in [0.1, 0.15) is 0 Å². The van der Waals surface area contributed by atoms with Crippen LogP contribution in [-0.4, -0.2) is 43.5 Å². The molecule has 168 valence electrons. The van der Waals surface area contributed by atoms with Gasteiger partial charge in [0.15, 0.2) is 6.61 Å². The summed E-state index contributed by atoms with van der Waals surface area (Å²) in [4.78, 5) is 50.3. The van der Waals surface area contributed by atoms with E-state index < -0.39 is 30.4 Å². The van der Waals surface area contributed by atoms with Gasteiger partial charge in [0.2, 0.25) is 5.91 Å². The Bertz CT molecular complexity index is 1010. The summed E-state index contributed by atoms with van der Waals surface area (Å²) in [5.74, 6) is -2.37. The van der Waals surface area contributed by atoms with Crippen LogP contribution in [0.15, 0.2) is 42.5 Å². The van der Waals surface area contributed by atoms with Crippen LogP contribution in [-0.2, 0) is 23.9 Å². The summed E-state index contributed by atoms with van der Waals surface area (Å²) in [7, 11) is 0. The molecular formula is C24H26N2O6. The number of amides is 2. The topological polar surface area (TPSA) is 102 Å². The Morgan fingerprint density at radius 3 is 2.31 bits per heavy atom. The number of hydrogen-bond donors (Lipinski definition) is 1. The lowest BCUT2D eigenvalue weighted by Crippen LogP contribution is -2.28. The van der Waals surface area contributed by atoms with Gasteiger partial charge in [-0.3, -0.25) is 14.4 Å². The zero-order chi connectivity index (χ0) is 23.3. The number of carbonyl (C=O) groups is 4. The van der Waals surface area contributed by atoms with E-state index in [-0.39, 0.29) is 25.5 Å². The molecule has 0 spiro atoms. The fourth-order valence-electron chi connectivity index (χ4n) is 3.55. The Morgan fingerprint density at radius 2 is 1.69 bits per heavy atom. The van der Waals surface area contributed by atoms with E-state index in [1.807, 2.05) is 32.0 Å². The molecule has 1 heterocycles. The van der Waals surface area contributed by atoms with Crippen molar-refractivity contribution in [1.29, 1.82) is 0 Å². The molecular weight excluding hydrogens is 412 g/mol. The molecule has 1 atom stereocenters. The molecule has 2 aromatic rings. The minimum Gasteiger partial charge on any atom is -0.462 e. The molecule has 32 heavy (non-hydrogen) atoms. The first-order valence-corrected chi connectivity index (χ1v) is 10.4. The number of benzene rings is 2. The number of rotatable bonds is 7.